The number of rotatable bonds is 3. The van der Waals surface area contributed by atoms with E-state index in [0.717, 1.165) is 17.0 Å². The zero-order chi connectivity index (χ0) is 14.1. The van der Waals surface area contributed by atoms with Crippen molar-refractivity contribution in [1.82, 2.24) is 4.98 Å². The lowest BCUT2D eigenvalue weighted by molar-refractivity contribution is 0.300. The quantitative estimate of drug-likeness (QED) is 0.744. The molecule has 102 valence electrons. The minimum Gasteiger partial charge on any atom is -0.489 e. The van der Waals surface area contributed by atoms with E-state index in [4.69, 9.17) is 4.74 Å². The third-order valence-electron chi connectivity index (χ3n) is 3.63. The number of fused-ring (bicyclic) bond motifs is 1. The molecule has 3 heteroatoms. The third-order valence-corrected chi connectivity index (χ3v) is 3.63. The summed E-state index contributed by atoms with van der Waals surface area (Å²) in [5, 5.41) is 1.20. The van der Waals surface area contributed by atoms with Crippen LogP contribution in [0.5, 0.6) is 5.75 Å². The van der Waals surface area contributed by atoms with Crippen molar-refractivity contribution in [2.75, 3.05) is 0 Å². The van der Waals surface area contributed by atoms with Gasteiger partial charge in [0, 0.05) is 28.2 Å². The van der Waals surface area contributed by atoms with Crippen LogP contribution in [0.3, 0.4) is 0 Å². The third kappa shape index (κ3) is 2.27. The van der Waals surface area contributed by atoms with Crippen molar-refractivity contribution < 1.29 is 9.13 Å². The molecule has 3 aromatic rings. The van der Waals surface area contributed by atoms with Gasteiger partial charge in [0.1, 0.15) is 18.2 Å². The van der Waals surface area contributed by atoms with Crippen LogP contribution in [0.1, 0.15) is 16.8 Å². The molecule has 0 radical (unpaired) electrons. The van der Waals surface area contributed by atoms with Gasteiger partial charge in [0.2, 0.25) is 0 Å². The summed E-state index contributed by atoms with van der Waals surface area (Å²) in [5.74, 6) is 0.502. The molecule has 1 aromatic heterocycles. The number of H-pyrrole nitrogens is 1. The summed E-state index contributed by atoms with van der Waals surface area (Å²) in [6.07, 6.45) is 0. The first-order chi connectivity index (χ1) is 9.65. The summed E-state index contributed by atoms with van der Waals surface area (Å²) >= 11 is 0. The van der Waals surface area contributed by atoms with Gasteiger partial charge in [-0.05, 0) is 37.6 Å². The molecule has 1 N–H and O–H groups in total. The number of ether oxygens (including phenoxy) is 1. The second kappa shape index (κ2) is 5.00. The lowest BCUT2D eigenvalue weighted by Crippen LogP contribution is -1.97. The Labute approximate surface area is 117 Å². The van der Waals surface area contributed by atoms with Crippen LogP contribution in [0.25, 0.3) is 10.9 Å². The van der Waals surface area contributed by atoms with Gasteiger partial charge in [0.05, 0.1) is 0 Å². The Hall–Kier alpha value is -2.29. The van der Waals surface area contributed by atoms with Crippen molar-refractivity contribution in [2.24, 2.45) is 0 Å². The first-order valence-electron chi connectivity index (χ1n) is 6.60. The average molecular weight is 269 g/mol. The van der Waals surface area contributed by atoms with E-state index in [1.807, 2.05) is 24.3 Å². The standard InChI is InChI=1S/C17H16FNO/c1-11-12(2)19-17-9-14(7-8-15(11)17)20-10-13-5-3-4-6-16(13)18/h3-9,19H,10H2,1-2H3. The highest BCUT2D eigenvalue weighted by atomic mass is 19.1. The van der Waals surface area contributed by atoms with Crippen molar-refractivity contribution in [3.05, 3.63) is 65.1 Å². The summed E-state index contributed by atoms with van der Waals surface area (Å²) < 4.78 is 19.2. The van der Waals surface area contributed by atoms with Gasteiger partial charge in [-0.1, -0.05) is 18.2 Å². The van der Waals surface area contributed by atoms with Gasteiger partial charge in [-0.3, -0.25) is 0 Å². The number of hydrogen-bond acceptors (Lipinski definition) is 1. The summed E-state index contributed by atoms with van der Waals surface area (Å²) in [5.41, 5.74) is 4.02. The molecular weight excluding hydrogens is 253 g/mol. The molecule has 2 nitrogen and oxygen atoms in total. The average Bonchev–Trinajstić information content (AvgIpc) is 2.73. The molecule has 0 bridgehead atoms. The molecule has 0 aliphatic rings. The molecule has 0 aliphatic carbocycles. The topological polar surface area (TPSA) is 25.0 Å². The maximum absolute atomic E-state index is 13.5. The molecule has 0 fully saturated rings. The fourth-order valence-electron chi connectivity index (χ4n) is 2.32. The fraction of sp³-hybridized carbons (Fsp3) is 0.176. The van der Waals surface area contributed by atoms with E-state index in [1.165, 1.54) is 17.0 Å². The van der Waals surface area contributed by atoms with E-state index in [1.54, 1.807) is 12.1 Å². The maximum Gasteiger partial charge on any atom is 0.129 e. The van der Waals surface area contributed by atoms with E-state index >= 15 is 0 Å². The van der Waals surface area contributed by atoms with Gasteiger partial charge in [0.15, 0.2) is 0 Å². The molecule has 0 saturated carbocycles. The second-order valence-electron chi connectivity index (χ2n) is 4.96. The van der Waals surface area contributed by atoms with Crippen LogP contribution < -0.4 is 4.74 Å². The van der Waals surface area contributed by atoms with Crippen molar-refractivity contribution in [2.45, 2.75) is 20.5 Å². The molecule has 0 saturated heterocycles. The Morgan fingerprint density at radius 1 is 1.10 bits per heavy atom. The van der Waals surface area contributed by atoms with Crippen LogP contribution in [-0.2, 0) is 6.61 Å². The molecule has 20 heavy (non-hydrogen) atoms. The molecule has 0 aliphatic heterocycles. The Balaban J connectivity index is 1.83. The number of aromatic nitrogens is 1. The number of benzene rings is 2. The largest absolute Gasteiger partial charge is 0.489 e. The Morgan fingerprint density at radius 2 is 1.90 bits per heavy atom. The summed E-state index contributed by atoms with van der Waals surface area (Å²) in [7, 11) is 0. The molecule has 0 unspecified atom stereocenters. The summed E-state index contributed by atoms with van der Waals surface area (Å²) in [6, 6.07) is 12.6. The second-order valence-corrected chi connectivity index (χ2v) is 4.96. The minimum absolute atomic E-state index is 0.233. The van der Waals surface area contributed by atoms with Gasteiger partial charge >= 0.3 is 0 Å². The Morgan fingerprint density at radius 3 is 2.70 bits per heavy atom. The Bertz CT molecular complexity index is 761. The first-order valence-corrected chi connectivity index (χ1v) is 6.60. The monoisotopic (exact) mass is 269 g/mol. The molecule has 0 spiro atoms. The van der Waals surface area contributed by atoms with E-state index in [0.29, 0.717) is 5.56 Å². The number of hydrogen-bond donors (Lipinski definition) is 1. The van der Waals surface area contributed by atoms with Crippen LogP contribution >= 0.6 is 0 Å². The predicted molar refractivity (Wildman–Crippen MR) is 78.5 cm³/mol. The van der Waals surface area contributed by atoms with Gasteiger partial charge in [0.25, 0.3) is 0 Å². The highest BCUT2D eigenvalue weighted by molar-refractivity contribution is 5.85. The van der Waals surface area contributed by atoms with Gasteiger partial charge in [-0.25, -0.2) is 4.39 Å². The van der Waals surface area contributed by atoms with Crippen molar-refractivity contribution in [3.63, 3.8) is 0 Å². The van der Waals surface area contributed by atoms with Gasteiger partial charge < -0.3 is 9.72 Å². The van der Waals surface area contributed by atoms with Crippen LogP contribution in [0.15, 0.2) is 42.5 Å². The van der Waals surface area contributed by atoms with E-state index in [2.05, 4.69) is 18.8 Å². The highest BCUT2D eigenvalue weighted by Gasteiger charge is 2.06. The normalized spacial score (nSPS) is 10.9. The van der Waals surface area contributed by atoms with E-state index in [9.17, 15) is 4.39 Å². The zero-order valence-corrected chi connectivity index (χ0v) is 11.5. The van der Waals surface area contributed by atoms with Crippen molar-refractivity contribution in [1.29, 1.82) is 0 Å². The minimum atomic E-state index is -0.236. The SMILES string of the molecule is Cc1[nH]c2cc(OCc3ccccc3F)ccc2c1C. The summed E-state index contributed by atoms with van der Waals surface area (Å²) in [4.78, 5) is 3.32. The lowest BCUT2D eigenvalue weighted by Gasteiger charge is -2.07. The van der Waals surface area contributed by atoms with E-state index in [-0.39, 0.29) is 12.4 Å². The maximum atomic E-state index is 13.5. The smallest absolute Gasteiger partial charge is 0.129 e. The molecule has 0 atom stereocenters. The van der Waals surface area contributed by atoms with Crippen LogP contribution in [0.4, 0.5) is 4.39 Å². The van der Waals surface area contributed by atoms with Crippen molar-refractivity contribution >= 4 is 10.9 Å². The van der Waals surface area contributed by atoms with Crippen LogP contribution in [-0.4, -0.2) is 4.98 Å². The van der Waals surface area contributed by atoms with Crippen molar-refractivity contribution in [3.8, 4) is 5.75 Å². The molecular formula is C17H16FNO. The number of halogens is 1. The molecule has 2 aromatic carbocycles. The molecule has 1 heterocycles. The van der Waals surface area contributed by atoms with Crippen LogP contribution in [0.2, 0.25) is 0 Å². The van der Waals surface area contributed by atoms with Gasteiger partial charge in [-0.2, -0.15) is 0 Å². The van der Waals surface area contributed by atoms with Crippen LogP contribution in [0, 0.1) is 19.7 Å². The fourth-order valence-corrected chi connectivity index (χ4v) is 2.32. The molecule has 0 amide bonds. The number of nitrogens with one attached hydrogen (secondary N) is 1. The number of aryl methyl sites for hydroxylation is 2. The van der Waals surface area contributed by atoms with Gasteiger partial charge in [-0.15, -0.1) is 0 Å². The molecule has 3 rings (SSSR count). The lowest BCUT2D eigenvalue weighted by atomic mass is 10.1. The predicted octanol–water partition coefficient (Wildman–Crippen LogP) is 4.50. The Kier molecular flexibility index (Phi) is 3.18. The first kappa shape index (κ1) is 12.7. The van der Waals surface area contributed by atoms with E-state index < -0.39 is 0 Å². The highest BCUT2D eigenvalue weighted by Crippen LogP contribution is 2.25. The number of aromatic amines is 1. The summed E-state index contributed by atoms with van der Waals surface area (Å²) in [6.45, 7) is 4.38. The zero-order valence-electron chi connectivity index (χ0n) is 11.5.